The lowest BCUT2D eigenvalue weighted by molar-refractivity contribution is -0.765. The number of anilines is 1. The van der Waals surface area contributed by atoms with E-state index in [0.717, 1.165) is 39.9 Å². The minimum absolute atomic E-state index is 0.0984. The van der Waals surface area contributed by atoms with Crippen molar-refractivity contribution in [3.05, 3.63) is 42.7 Å². The largest absolute Gasteiger partial charge is 0.483 e. The van der Waals surface area contributed by atoms with Crippen LogP contribution in [0.15, 0.2) is 37.2 Å². The maximum Gasteiger partial charge on any atom is 0.483 e. The Morgan fingerprint density at radius 2 is 1.60 bits per heavy atom. The molecule has 57 heavy (non-hydrogen) atoms. The third-order valence-corrected chi connectivity index (χ3v) is 12.4. The predicted molar refractivity (Wildman–Crippen MR) is 194 cm³/mol. The zero-order chi connectivity index (χ0) is 41.3. The lowest BCUT2D eigenvalue weighted by Gasteiger charge is -2.23. The molecule has 0 saturated carbocycles. The van der Waals surface area contributed by atoms with Gasteiger partial charge < -0.3 is 52.0 Å². The second-order valence-electron chi connectivity index (χ2n) is 12.9. The first-order valence-electron chi connectivity index (χ1n) is 17.8. The number of amides is 2. The van der Waals surface area contributed by atoms with Crippen LogP contribution < -0.4 is 26.7 Å². The van der Waals surface area contributed by atoms with Crippen molar-refractivity contribution in [3.63, 3.8) is 0 Å². The molecule has 0 spiro atoms. The number of phosphoric acid groups is 2. The lowest BCUT2D eigenvalue weighted by Crippen LogP contribution is -2.46. The number of ether oxygens (including phenoxy) is 2. The molecule has 2 aliphatic rings. The van der Waals surface area contributed by atoms with E-state index < -0.39 is 83.8 Å². The number of fused-ring (bicyclic) bond motifs is 1. The summed E-state index contributed by atoms with van der Waals surface area (Å²) in [6.45, 7) is -0.410. The molecule has 0 radical (unpaired) electrons. The molecule has 5 rings (SSSR count). The van der Waals surface area contributed by atoms with Crippen LogP contribution in [0.2, 0.25) is 0 Å². The number of hydrogen-bond donors (Lipinski definition) is 8. The van der Waals surface area contributed by atoms with E-state index in [0.29, 0.717) is 13.1 Å². The molecule has 5 heterocycles. The van der Waals surface area contributed by atoms with Gasteiger partial charge in [0.15, 0.2) is 41.7 Å². The highest BCUT2D eigenvalue weighted by Crippen LogP contribution is 2.65. The number of aliphatic hydroxyl groups excluding tert-OH is 4. The maximum atomic E-state index is 13.4. The van der Waals surface area contributed by atoms with E-state index in [4.69, 9.17) is 43.3 Å². The fourth-order valence-corrected chi connectivity index (χ4v) is 8.68. The molecular weight excluding hydrogens is 800 g/mol. The molecule has 26 heteroatoms. The summed E-state index contributed by atoms with van der Waals surface area (Å²) >= 11 is 0. The van der Waals surface area contributed by atoms with Crippen molar-refractivity contribution in [2.24, 2.45) is 11.5 Å². The van der Waals surface area contributed by atoms with Crippen LogP contribution in [0.4, 0.5) is 5.82 Å². The van der Waals surface area contributed by atoms with Crippen LogP contribution in [-0.4, -0.2) is 135 Å². The Balaban J connectivity index is 1.16. The first-order chi connectivity index (χ1) is 27.2. The summed E-state index contributed by atoms with van der Waals surface area (Å²) < 4.78 is 66.3. The Hall–Kier alpha value is -3.58. The zero-order valence-electron chi connectivity index (χ0n) is 31.0. The van der Waals surface area contributed by atoms with Crippen LogP contribution in [0.1, 0.15) is 48.5 Å². The van der Waals surface area contributed by atoms with E-state index in [1.165, 1.54) is 46.3 Å². The Morgan fingerprint density at radius 3 is 2.26 bits per heavy atom. The van der Waals surface area contributed by atoms with Crippen LogP contribution in [0.3, 0.4) is 0 Å². The predicted octanol–water partition coefficient (Wildman–Crippen LogP) is -1.24. The highest BCUT2D eigenvalue weighted by atomic mass is 31.3. The summed E-state index contributed by atoms with van der Waals surface area (Å²) in [6.07, 6.45) is -2.55. The number of aliphatic hydroxyl groups is 4. The van der Waals surface area contributed by atoms with Crippen molar-refractivity contribution in [3.8, 4) is 0 Å². The summed E-state index contributed by atoms with van der Waals surface area (Å²) in [5, 5.41) is 48.7. The second kappa shape index (κ2) is 19.9. The third kappa shape index (κ3) is 10.9. The summed E-state index contributed by atoms with van der Waals surface area (Å²) in [5.41, 5.74) is 11.3. The van der Waals surface area contributed by atoms with Gasteiger partial charge in [-0.05, 0) is 25.5 Å². The minimum atomic E-state index is -4.83. The van der Waals surface area contributed by atoms with Gasteiger partial charge >= 0.3 is 15.6 Å². The zero-order valence-corrected chi connectivity index (χ0v) is 32.8. The van der Waals surface area contributed by atoms with Crippen LogP contribution in [0.5, 0.6) is 0 Å². The van der Waals surface area contributed by atoms with Gasteiger partial charge in [-0.15, -0.1) is 0 Å². The molecule has 0 aliphatic carbocycles. The Bertz CT molecular complexity index is 1930. The molecule has 10 N–H and O–H groups in total. The SMILES string of the molecule is COP(=O)(OCC1OC(n2cnc3c(NCC(=O)NCCCCCCN)ncnc32)C(O)C1O)OP(=O)(OC)OCC1OC([n+]2cccc(C(N)=O)c2)C(O)C1O. The molecule has 10 atom stereocenters. The summed E-state index contributed by atoms with van der Waals surface area (Å²) in [4.78, 5) is 36.6. The summed E-state index contributed by atoms with van der Waals surface area (Å²) in [6, 6.07) is 2.91. The number of imidazole rings is 1. The molecule has 0 bridgehead atoms. The summed E-state index contributed by atoms with van der Waals surface area (Å²) in [7, 11) is -7.83. The Labute approximate surface area is 326 Å². The molecule has 2 fully saturated rings. The number of rotatable bonds is 22. The van der Waals surface area contributed by atoms with E-state index in [1.807, 2.05) is 0 Å². The number of phosphoric ester groups is 2. The molecule has 10 unspecified atom stereocenters. The number of nitrogens with two attached hydrogens (primary N) is 2. The Kier molecular flexibility index (Phi) is 15.6. The maximum absolute atomic E-state index is 13.4. The van der Waals surface area contributed by atoms with E-state index in [2.05, 4.69) is 25.6 Å². The van der Waals surface area contributed by atoms with E-state index >= 15 is 0 Å². The average molecular weight is 849 g/mol. The number of nitrogens with one attached hydrogen (secondary N) is 2. The second-order valence-corrected chi connectivity index (χ2v) is 16.6. The normalized spacial score (nSPS) is 26.9. The Morgan fingerprint density at radius 1 is 0.930 bits per heavy atom. The van der Waals surface area contributed by atoms with E-state index in [-0.39, 0.29) is 35.0 Å². The van der Waals surface area contributed by atoms with Gasteiger partial charge in [0.2, 0.25) is 5.91 Å². The molecule has 3 aromatic heterocycles. The van der Waals surface area contributed by atoms with Crippen molar-refractivity contribution < 1.29 is 75.6 Å². The van der Waals surface area contributed by atoms with Gasteiger partial charge in [-0.3, -0.25) is 32.3 Å². The molecule has 2 saturated heterocycles. The van der Waals surface area contributed by atoms with Crippen LogP contribution in [0, 0.1) is 0 Å². The fraction of sp³-hybridized carbons (Fsp3) is 0.613. The van der Waals surface area contributed by atoms with Crippen LogP contribution >= 0.6 is 15.6 Å². The smallest absolute Gasteiger partial charge is 0.387 e. The number of primary amides is 1. The quantitative estimate of drug-likeness (QED) is 0.0333. The molecule has 24 nitrogen and oxygen atoms in total. The number of nitrogens with zero attached hydrogens (tertiary/aromatic N) is 5. The molecular formula is C31H48N9O15P2+. The van der Waals surface area contributed by atoms with Gasteiger partial charge in [0.05, 0.1) is 26.1 Å². The monoisotopic (exact) mass is 848 g/mol. The van der Waals surface area contributed by atoms with Crippen molar-refractivity contribution >= 4 is 44.4 Å². The van der Waals surface area contributed by atoms with Crippen molar-refractivity contribution in [1.82, 2.24) is 24.8 Å². The van der Waals surface area contributed by atoms with Crippen LogP contribution in [0.25, 0.3) is 11.2 Å². The molecule has 2 amide bonds. The highest BCUT2D eigenvalue weighted by molar-refractivity contribution is 7.62. The third-order valence-electron chi connectivity index (χ3n) is 9.02. The van der Waals surface area contributed by atoms with Gasteiger partial charge in [0, 0.05) is 26.8 Å². The number of pyridine rings is 1. The first-order valence-corrected chi connectivity index (χ1v) is 20.7. The summed E-state index contributed by atoms with van der Waals surface area (Å²) in [5.74, 6) is -0.771. The number of unbranched alkanes of at least 4 members (excludes halogenated alkanes) is 3. The van der Waals surface area contributed by atoms with Gasteiger partial charge in [0.25, 0.3) is 12.1 Å². The van der Waals surface area contributed by atoms with E-state index in [9.17, 15) is 39.1 Å². The number of hydrogen-bond acceptors (Lipinski definition) is 20. The lowest BCUT2D eigenvalue weighted by atomic mass is 10.1. The standard InChI is InChI=1S/C31H47N9O15P2/c1-49-56(47,51-14-19-23(42)25(44)30(53-19)39-11-7-8-18(13-39)27(33)46)55-57(48,50-2)52-15-20-24(43)26(45)31(54-20)40-17-38-22-28(36-16-37-29(22)40)35-12-21(41)34-10-6-4-3-5-9-32/h7-8,11,13,16-17,19-20,23-26,30-31,42-45H,3-6,9-10,12,14-15,32H2,1-2H3,(H3-,33,34,35,36,37,41,46)/p+1. The molecule has 3 aromatic rings. The highest BCUT2D eigenvalue weighted by Gasteiger charge is 2.51. The van der Waals surface area contributed by atoms with Gasteiger partial charge in [-0.2, -0.15) is 8.88 Å². The fourth-order valence-electron chi connectivity index (χ4n) is 5.92. The topological polar surface area (TPSA) is 337 Å². The van der Waals surface area contributed by atoms with Crippen molar-refractivity contribution in [2.75, 3.05) is 52.4 Å². The number of carbonyl (C=O) groups is 2. The average Bonchev–Trinajstić information content (AvgIpc) is 3.86. The van der Waals surface area contributed by atoms with Gasteiger partial charge in [-0.25, -0.2) is 24.1 Å². The molecule has 0 aromatic carbocycles. The van der Waals surface area contributed by atoms with Crippen molar-refractivity contribution in [2.45, 2.75) is 74.8 Å². The number of carbonyl (C=O) groups excluding carboxylic acids is 2. The van der Waals surface area contributed by atoms with Gasteiger partial charge in [0.1, 0.15) is 42.4 Å². The van der Waals surface area contributed by atoms with Gasteiger partial charge in [-0.1, -0.05) is 12.8 Å². The van der Waals surface area contributed by atoms with E-state index in [1.54, 1.807) is 0 Å². The number of aromatic nitrogens is 5. The first kappa shape index (κ1) is 44.5. The minimum Gasteiger partial charge on any atom is -0.387 e. The van der Waals surface area contributed by atoms with Crippen molar-refractivity contribution in [1.29, 1.82) is 0 Å². The molecule has 2 aliphatic heterocycles. The molecule has 316 valence electrons. The van der Waals surface area contributed by atoms with Crippen LogP contribution in [-0.2, 0) is 45.8 Å².